The lowest BCUT2D eigenvalue weighted by Gasteiger charge is -2.26. The fraction of sp³-hybridized carbons (Fsp3) is 0.885. The van der Waals surface area contributed by atoms with Crippen molar-refractivity contribution in [3.63, 3.8) is 0 Å². The van der Waals surface area contributed by atoms with Gasteiger partial charge in [-0.25, -0.2) is 0 Å². The van der Waals surface area contributed by atoms with Crippen molar-refractivity contribution in [3.05, 3.63) is 0 Å². The fourth-order valence-electron chi connectivity index (χ4n) is 11.1. The molecular weight excluding hydrogens is 1840 g/mol. The highest BCUT2D eigenvalue weighted by Crippen LogP contribution is 2.29. The lowest BCUT2D eigenvalue weighted by molar-refractivity contribution is -0.189. The zero-order valence-corrected chi connectivity index (χ0v) is 106. The molecule has 2 amide bonds. The third kappa shape index (κ3) is 130. The smallest absolute Gasteiger partial charge is 0.318 e. The minimum Gasteiger partial charge on any atom is -0.464 e. The van der Waals surface area contributed by atoms with Crippen LogP contribution in [0.25, 0.3) is 0 Å². The molecule has 0 saturated heterocycles. The van der Waals surface area contributed by atoms with Crippen molar-refractivity contribution in [3.8, 4) is 0 Å². The van der Waals surface area contributed by atoms with E-state index in [0.717, 1.165) is 88.1 Å². The molecule has 24 heteroatoms. The number of hydrogen-bond donors (Lipinski definition) is 3. The molecule has 0 bridgehead atoms. The van der Waals surface area contributed by atoms with Crippen LogP contribution in [-0.4, -0.2) is 145 Å². The van der Waals surface area contributed by atoms with Crippen molar-refractivity contribution < 1.29 is 100 Å². The summed E-state index contributed by atoms with van der Waals surface area (Å²) < 4.78 is 35.3. The molecule has 0 aliphatic carbocycles. The molecule has 0 radical (unpaired) electrons. The van der Waals surface area contributed by atoms with E-state index in [4.69, 9.17) is 34.2 Å². The topological polar surface area (TPSA) is 354 Å². The number of ketones is 6. The molecule has 4 N–H and O–H groups in total. The molecular formula is C122H243N3O21. The van der Waals surface area contributed by atoms with Crippen molar-refractivity contribution in [2.24, 2.45) is 126 Å². The molecule has 0 saturated carbocycles. The summed E-state index contributed by atoms with van der Waals surface area (Å²) in [6.07, 6.45) is 18.5. The van der Waals surface area contributed by atoms with Crippen molar-refractivity contribution >= 4 is 82.3 Å². The minimum absolute atomic E-state index is 0.0197. The Morgan fingerprint density at radius 1 is 0.295 bits per heavy atom. The number of amides is 2. The summed E-state index contributed by atoms with van der Waals surface area (Å²) in [5.41, 5.74) is 4.11. The van der Waals surface area contributed by atoms with Gasteiger partial charge in [0.1, 0.15) is 35.5 Å². The van der Waals surface area contributed by atoms with Gasteiger partial charge in [-0.05, 0) is 162 Å². The molecule has 0 spiro atoms. The van der Waals surface area contributed by atoms with Gasteiger partial charge in [-0.1, -0.05) is 363 Å². The molecule has 0 aliphatic heterocycles. The van der Waals surface area contributed by atoms with E-state index >= 15 is 0 Å². The maximum Gasteiger partial charge on any atom is 0.318 e. The molecule has 146 heavy (non-hydrogen) atoms. The average molecular weight is 2090 g/mol. The summed E-state index contributed by atoms with van der Waals surface area (Å²) in [5.74, 6) is 3.91. The van der Waals surface area contributed by atoms with Crippen LogP contribution in [-0.2, 0) is 100 Å². The number of esters is 6. The van der Waals surface area contributed by atoms with E-state index in [9.17, 15) is 67.1 Å². The Bertz CT molecular complexity index is 3270. The molecule has 0 rings (SSSR count). The van der Waals surface area contributed by atoms with Crippen LogP contribution in [0.1, 0.15) is 524 Å². The first kappa shape index (κ1) is 165. The molecule has 0 aromatic carbocycles. The number of hydrogen-bond acceptors (Lipinski definition) is 22. The number of nitrogens with one attached hydrogen (secondary N) is 2. The number of rotatable bonds is 44. The van der Waals surface area contributed by atoms with Crippen molar-refractivity contribution in [1.82, 2.24) is 10.6 Å². The Kier molecular flexibility index (Phi) is 98.6. The first-order chi connectivity index (χ1) is 65.2. The van der Waals surface area contributed by atoms with Crippen LogP contribution in [0.3, 0.4) is 0 Å². The monoisotopic (exact) mass is 2090 g/mol. The van der Waals surface area contributed by atoms with Crippen LogP contribution in [0.4, 0.5) is 0 Å². The molecule has 0 heterocycles. The predicted octanol–water partition coefficient (Wildman–Crippen LogP) is 30.4. The van der Waals surface area contributed by atoms with Gasteiger partial charge in [0.05, 0.1) is 59.0 Å². The number of carbonyl (C=O) groups excluding carboxylic acids is 14. The predicted molar refractivity (Wildman–Crippen MR) is 612 cm³/mol. The molecule has 0 aliphatic rings. The zero-order valence-electron chi connectivity index (χ0n) is 106. The highest BCUT2D eigenvalue weighted by molar-refractivity contribution is 5.91. The average Bonchev–Trinajstić information content (AvgIpc) is 0.860. The van der Waals surface area contributed by atoms with E-state index in [1.807, 2.05) is 208 Å². The normalized spacial score (nSPS) is 11.9. The second kappa shape index (κ2) is 87.3. The SMILES string of the molecule is CC(C)(C)C(=O)C(C)(C)C.CC(C)(C)C(=O)CCC(N)C(=O)C(C)(C)C.CC(C)(C)CCCOC(C)(C)C.CC(C)(C)OCCCNC(=O)C(C)(C)C.CC(C)C(=O)CCCCCCCC(=O)C(C)C.CC(C)C(=O)NCCOC(=O)C(C)C.CC(C)C(=O)OC(=O)C(C)(C)C.CC(C)CC(=O)C(C)C.CC(C)CC(=O)OC(C)C.CC(C)CC(C)C.CC(C)CCCCC(C)C.CC(OC(=O)C(C)C)OC(=O)C(C)C. The van der Waals surface area contributed by atoms with Crippen molar-refractivity contribution in [2.75, 3.05) is 32.9 Å². The van der Waals surface area contributed by atoms with Gasteiger partial charge in [-0.2, -0.15) is 0 Å². The lowest BCUT2D eigenvalue weighted by atomic mass is 9.76. The van der Waals surface area contributed by atoms with Crippen LogP contribution in [0.5, 0.6) is 0 Å². The summed E-state index contributed by atoms with van der Waals surface area (Å²) in [5, 5.41) is 5.55. The second-order valence-corrected chi connectivity index (χ2v) is 53.3. The fourth-order valence-corrected chi connectivity index (χ4v) is 11.1. The van der Waals surface area contributed by atoms with Crippen LogP contribution < -0.4 is 16.4 Å². The van der Waals surface area contributed by atoms with Crippen molar-refractivity contribution in [2.45, 2.75) is 553 Å². The molecule has 24 nitrogen and oxygen atoms in total. The Morgan fingerprint density at radius 2 is 0.651 bits per heavy atom. The first-order valence-electron chi connectivity index (χ1n) is 55.6. The van der Waals surface area contributed by atoms with Gasteiger partial charge in [0, 0.05) is 110 Å². The molecule has 872 valence electrons. The number of ether oxygens (including phenoxy) is 7. The van der Waals surface area contributed by atoms with Gasteiger partial charge in [0.15, 0.2) is 5.78 Å². The van der Waals surface area contributed by atoms with Crippen LogP contribution >= 0.6 is 0 Å². The van der Waals surface area contributed by atoms with E-state index in [0.29, 0.717) is 79.3 Å². The lowest BCUT2D eigenvalue weighted by Crippen LogP contribution is -2.39. The van der Waals surface area contributed by atoms with Crippen LogP contribution in [0, 0.1) is 121 Å². The summed E-state index contributed by atoms with van der Waals surface area (Å²) in [6, 6.07) is -0.522. The number of unbranched alkanes of at least 4 members (excludes halogenated alkanes) is 5. The molecule has 0 aromatic heterocycles. The van der Waals surface area contributed by atoms with Gasteiger partial charge in [0.2, 0.25) is 18.1 Å². The maximum atomic E-state index is 11.8. The van der Waals surface area contributed by atoms with Gasteiger partial charge in [-0.15, -0.1) is 0 Å². The Morgan fingerprint density at radius 3 is 0.904 bits per heavy atom. The molecule has 1 unspecified atom stereocenters. The summed E-state index contributed by atoms with van der Waals surface area (Å²) in [6.45, 7) is 117. The van der Waals surface area contributed by atoms with E-state index in [1.54, 1.807) is 76.2 Å². The third-order valence-electron chi connectivity index (χ3n) is 19.9. The minimum atomic E-state index is -0.806. The van der Waals surface area contributed by atoms with E-state index < -0.39 is 35.1 Å². The quantitative estimate of drug-likeness (QED) is 0.0168. The number of nitrogens with two attached hydrogens (primary N) is 1. The van der Waals surface area contributed by atoms with Gasteiger partial charge in [-0.3, -0.25) is 67.1 Å². The standard InChI is InChI=1S/C15H28O2.C13H25NO2.C12H25NO2.C11H24O.C10H19NO3.C10H18O4.C10H22.C9H16O3.C9H18O.C8H16O2.C8H16O.C7H16/c1-12(2)14(16)10-8-6-5-7-9-11-15(17)13(3)4;1-12(2,3)10(15)8-7-9(14)11(16)13(4,5)6;1-11(2,3)10(14)13-8-7-9-15-12(4,5)6;1-10(2,3)8-7-9-12-11(4,5)6;1-7(2)9(12)11-5-6-14-10(13)8(3)4;1-6(2)9(11)13-8(5)14-10(12)7(3)4;1-9(2)7-5-6-8-10(3)4;1-6(2)7(10)12-8(11)9(3,4)5;1-8(2,3)7(10)9(4,5)6;1-6(2)5-8(9)10-7(3)4;1-6(2)5-8(9)7(3)4;1-6(2)5-7(3)4/h12-13H,5-11H2,1-4H3;9H,7-8,14H2,1-6H3;7-9H2,1-6H3,(H,13,14);7-9H2,1-6H3;7-8H,5-6H2,1-4H3,(H,11,12);6-8H,1-5H3;9-10H,5-8H2,1-4H3;6H,1-5H3;1-6H3;6-7H,5H2,1-4H3;6-7H,5H2,1-4H3;6-7H,5H2,1-4H3. The largest absolute Gasteiger partial charge is 0.464 e. The van der Waals surface area contributed by atoms with Gasteiger partial charge >= 0.3 is 35.8 Å². The van der Waals surface area contributed by atoms with Gasteiger partial charge in [0.25, 0.3) is 0 Å². The van der Waals surface area contributed by atoms with E-state index in [2.05, 4.69) is 126 Å². The highest BCUT2D eigenvalue weighted by Gasteiger charge is 2.33. The van der Waals surface area contributed by atoms with Gasteiger partial charge < -0.3 is 49.5 Å². The maximum absolute atomic E-state index is 11.8. The third-order valence-corrected chi connectivity index (χ3v) is 19.9. The summed E-state index contributed by atoms with van der Waals surface area (Å²) >= 11 is 0. The van der Waals surface area contributed by atoms with Crippen molar-refractivity contribution in [1.29, 1.82) is 0 Å². The van der Waals surface area contributed by atoms with E-state index in [1.165, 1.54) is 51.9 Å². The Balaban J connectivity index is -0.000000135. The van der Waals surface area contributed by atoms with Crippen LogP contribution in [0.15, 0.2) is 0 Å². The molecule has 0 fully saturated rings. The highest BCUT2D eigenvalue weighted by atomic mass is 16.7. The Hall–Kier alpha value is -6.14. The van der Waals surface area contributed by atoms with Crippen LogP contribution in [0.2, 0.25) is 0 Å². The summed E-state index contributed by atoms with van der Waals surface area (Å²) in [4.78, 5) is 157. The summed E-state index contributed by atoms with van der Waals surface area (Å²) in [7, 11) is 0. The Labute approximate surface area is 900 Å². The number of carbonyl (C=O) groups is 14. The van der Waals surface area contributed by atoms with E-state index in [-0.39, 0.29) is 140 Å². The second-order valence-electron chi connectivity index (χ2n) is 53.3. The zero-order chi connectivity index (χ0) is 119. The molecule has 1 atom stereocenters. The first-order valence-corrected chi connectivity index (χ1v) is 55.6. The molecule has 0 aromatic rings. The number of Topliss-reactive ketones (excluding diaryl/α,β-unsaturated/α-hetero) is 6.